The van der Waals surface area contributed by atoms with Gasteiger partial charge in [0.1, 0.15) is 5.38 Å². The summed E-state index contributed by atoms with van der Waals surface area (Å²) in [5.74, 6) is 0.915. The first kappa shape index (κ1) is 13.3. The second kappa shape index (κ2) is 5.77. The number of aromatic nitrogens is 2. The van der Waals surface area contributed by atoms with E-state index in [-0.39, 0.29) is 0 Å². The maximum atomic E-state index is 6.36. The van der Waals surface area contributed by atoms with Crippen molar-refractivity contribution in [1.29, 1.82) is 0 Å². The predicted octanol–water partition coefficient (Wildman–Crippen LogP) is 4.83. The van der Waals surface area contributed by atoms with Gasteiger partial charge in [0.05, 0.1) is 0 Å². The number of nitrogens with zero attached hydrogens (tertiary/aromatic N) is 2. The van der Waals surface area contributed by atoms with Crippen molar-refractivity contribution in [3.63, 3.8) is 0 Å². The summed E-state index contributed by atoms with van der Waals surface area (Å²) in [7, 11) is 0. The zero-order valence-electron chi connectivity index (χ0n) is 10.3. The van der Waals surface area contributed by atoms with E-state index < -0.39 is 5.38 Å². The molecule has 0 aliphatic rings. The Bertz CT molecular complexity index is 715. The summed E-state index contributed by atoms with van der Waals surface area (Å²) in [6, 6.07) is 17.4. The van der Waals surface area contributed by atoms with Crippen LogP contribution in [0.15, 0.2) is 63.6 Å². The number of benzene rings is 2. The van der Waals surface area contributed by atoms with Gasteiger partial charge in [-0.05, 0) is 17.7 Å². The number of rotatable bonds is 3. The Morgan fingerprint density at radius 3 is 2.45 bits per heavy atom. The van der Waals surface area contributed by atoms with Crippen LogP contribution in [-0.4, -0.2) is 10.1 Å². The molecule has 5 heteroatoms. The molecule has 0 aliphatic heterocycles. The van der Waals surface area contributed by atoms with Crippen molar-refractivity contribution in [1.82, 2.24) is 10.1 Å². The number of hydrogen-bond donors (Lipinski definition) is 0. The van der Waals surface area contributed by atoms with Gasteiger partial charge < -0.3 is 4.52 Å². The molecular formula is C15H10BrClN2O. The summed E-state index contributed by atoms with van der Waals surface area (Å²) in [6.45, 7) is 0. The lowest BCUT2D eigenvalue weighted by Crippen LogP contribution is -1.93. The summed E-state index contributed by atoms with van der Waals surface area (Å²) in [6.07, 6.45) is 0. The van der Waals surface area contributed by atoms with E-state index >= 15 is 0 Å². The molecule has 0 spiro atoms. The number of alkyl halides is 1. The summed E-state index contributed by atoms with van der Waals surface area (Å²) in [5, 5.41) is 3.55. The molecule has 0 bridgehead atoms. The Balaban J connectivity index is 1.93. The van der Waals surface area contributed by atoms with Crippen LogP contribution in [0.25, 0.3) is 11.4 Å². The molecule has 3 aromatic rings. The van der Waals surface area contributed by atoms with Gasteiger partial charge in [0, 0.05) is 10.0 Å². The van der Waals surface area contributed by atoms with Crippen molar-refractivity contribution in [2.75, 3.05) is 0 Å². The summed E-state index contributed by atoms with van der Waals surface area (Å²) in [4.78, 5) is 4.38. The predicted molar refractivity (Wildman–Crippen MR) is 81.6 cm³/mol. The van der Waals surface area contributed by atoms with Crippen LogP contribution in [0.1, 0.15) is 16.8 Å². The molecule has 0 aliphatic carbocycles. The molecule has 100 valence electrons. The van der Waals surface area contributed by atoms with Gasteiger partial charge in [-0.3, -0.25) is 0 Å². The second-order valence-electron chi connectivity index (χ2n) is 4.21. The van der Waals surface area contributed by atoms with Crippen molar-refractivity contribution in [3.05, 3.63) is 70.5 Å². The van der Waals surface area contributed by atoms with Crippen LogP contribution in [0.3, 0.4) is 0 Å². The van der Waals surface area contributed by atoms with Gasteiger partial charge in [0.15, 0.2) is 0 Å². The summed E-state index contributed by atoms with van der Waals surface area (Å²) >= 11 is 9.83. The standard InChI is InChI=1S/C15H10BrClN2O/c16-12-9-5-4-8-11(12)14-18-15(20-19-14)13(17)10-6-2-1-3-7-10/h1-9,13H. The smallest absolute Gasteiger partial charge is 0.249 e. The molecule has 0 radical (unpaired) electrons. The number of hydrogen-bond acceptors (Lipinski definition) is 3. The van der Waals surface area contributed by atoms with Crippen LogP contribution in [-0.2, 0) is 0 Å². The van der Waals surface area contributed by atoms with E-state index in [9.17, 15) is 0 Å². The van der Waals surface area contributed by atoms with E-state index in [0.717, 1.165) is 15.6 Å². The van der Waals surface area contributed by atoms with E-state index in [2.05, 4.69) is 26.1 Å². The zero-order chi connectivity index (χ0) is 13.9. The highest BCUT2D eigenvalue weighted by Gasteiger charge is 2.19. The molecular weight excluding hydrogens is 340 g/mol. The van der Waals surface area contributed by atoms with Crippen LogP contribution in [0, 0.1) is 0 Å². The topological polar surface area (TPSA) is 38.9 Å². The van der Waals surface area contributed by atoms with Gasteiger partial charge in [-0.1, -0.05) is 63.6 Å². The average Bonchev–Trinajstić information content (AvgIpc) is 2.97. The van der Waals surface area contributed by atoms with E-state index in [4.69, 9.17) is 16.1 Å². The molecule has 0 N–H and O–H groups in total. The van der Waals surface area contributed by atoms with Crippen molar-refractivity contribution >= 4 is 27.5 Å². The highest BCUT2D eigenvalue weighted by Crippen LogP contribution is 2.30. The molecule has 1 aromatic heterocycles. The highest BCUT2D eigenvalue weighted by atomic mass is 79.9. The molecule has 0 amide bonds. The minimum atomic E-state index is -0.445. The minimum absolute atomic E-state index is 0.392. The van der Waals surface area contributed by atoms with Gasteiger partial charge in [-0.25, -0.2) is 0 Å². The first-order valence-corrected chi connectivity index (χ1v) is 7.26. The first-order valence-electron chi connectivity index (χ1n) is 6.03. The molecule has 0 fully saturated rings. The van der Waals surface area contributed by atoms with Gasteiger partial charge in [-0.2, -0.15) is 4.98 Å². The number of halogens is 2. The zero-order valence-corrected chi connectivity index (χ0v) is 12.7. The molecule has 1 heterocycles. The lowest BCUT2D eigenvalue weighted by atomic mass is 10.1. The summed E-state index contributed by atoms with van der Waals surface area (Å²) in [5.41, 5.74) is 1.80. The fraction of sp³-hybridized carbons (Fsp3) is 0.0667. The van der Waals surface area contributed by atoms with Crippen LogP contribution < -0.4 is 0 Å². The molecule has 1 unspecified atom stereocenters. The largest absolute Gasteiger partial charge is 0.337 e. The van der Waals surface area contributed by atoms with Gasteiger partial charge in [-0.15, -0.1) is 11.6 Å². The fourth-order valence-corrected chi connectivity index (χ4v) is 2.55. The second-order valence-corrected chi connectivity index (χ2v) is 5.50. The van der Waals surface area contributed by atoms with Crippen LogP contribution in [0.2, 0.25) is 0 Å². The lowest BCUT2D eigenvalue weighted by molar-refractivity contribution is 0.383. The maximum absolute atomic E-state index is 6.36. The van der Waals surface area contributed by atoms with Gasteiger partial charge >= 0.3 is 0 Å². The third-order valence-corrected chi connectivity index (χ3v) is 4.00. The third kappa shape index (κ3) is 2.62. The van der Waals surface area contributed by atoms with Crippen molar-refractivity contribution in [3.8, 4) is 11.4 Å². The Labute approximate surface area is 129 Å². The fourth-order valence-electron chi connectivity index (χ4n) is 1.85. The Morgan fingerprint density at radius 1 is 1.00 bits per heavy atom. The van der Waals surface area contributed by atoms with Crippen LogP contribution >= 0.6 is 27.5 Å². The van der Waals surface area contributed by atoms with Crippen LogP contribution in [0.4, 0.5) is 0 Å². The molecule has 2 aromatic carbocycles. The summed E-state index contributed by atoms with van der Waals surface area (Å²) < 4.78 is 6.19. The Kier molecular flexibility index (Phi) is 3.85. The SMILES string of the molecule is ClC(c1ccccc1)c1nc(-c2ccccc2Br)no1. The molecule has 1 atom stereocenters. The molecule has 0 saturated carbocycles. The third-order valence-electron chi connectivity index (χ3n) is 2.87. The lowest BCUT2D eigenvalue weighted by Gasteiger charge is -2.03. The average molecular weight is 350 g/mol. The van der Waals surface area contributed by atoms with E-state index in [1.165, 1.54) is 0 Å². The maximum Gasteiger partial charge on any atom is 0.249 e. The molecule has 3 nitrogen and oxygen atoms in total. The Morgan fingerprint density at radius 2 is 1.70 bits per heavy atom. The first-order chi connectivity index (χ1) is 9.75. The van der Waals surface area contributed by atoms with Crippen molar-refractivity contribution in [2.45, 2.75) is 5.38 Å². The molecule has 3 rings (SSSR count). The monoisotopic (exact) mass is 348 g/mol. The van der Waals surface area contributed by atoms with Gasteiger partial charge in [0.25, 0.3) is 0 Å². The van der Waals surface area contributed by atoms with E-state index in [1.54, 1.807) is 0 Å². The highest BCUT2D eigenvalue weighted by molar-refractivity contribution is 9.10. The normalized spacial score (nSPS) is 12.3. The van der Waals surface area contributed by atoms with E-state index in [0.29, 0.717) is 11.7 Å². The van der Waals surface area contributed by atoms with Crippen molar-refractivity contribution < 1.29 is 4.52 Å². The molecule has 20 heavy (non-hydrogen) atoms. The van der Waals surface area contributed by atoms with Crippen molar-refractivity contribution in [2.24, 2.45) is 0 Å². The quantitative estimate of drug-likeness (QED) is 0.636. The minimum Gasteiger partial charge on any atom is -0.337 e. The van der Waals surface area contributed by atoms with E-state index in [1.807, 2.05) is 54.6 Å². The van der Waals surface area contributed by atoms with Crippen LogP contribution in [0.5, 0.6) is 0 Å². The van der Waals surface area contributed by atoms with Gasteiger partial charge in [0.2, 0.25) is 11.7 Å². The molecule has 0 saturated heterocycles. The Hall–Kier alpha value is -1.65.